The number of rotatable bonds is 3. The normalized spacial score (nSPS) is 25.2. The molecule has 1 aromatic rings. The molecule has 2 rings (SSSR count). The number of hydrogen-bond donors (Lipinski definition) is 1. The second-order valence-electron chi connectivity index (χ2n) is 4.35. The van der Waals surface area contributed by atoms with Crippen molar-refractivity contribution >= 4 is 5.69 Å². The molecule has 1 fully saturated rings. The first kappa shape index (κ1) is 10.3. The lowest BCUT2D eigenvalue weighted by molar-refractivity contribution is 0.398. The molecule has 3 heteroatoms. The highest BCUT2D eigenvalue weighted by Gasteiger charge is 2.20. The van der Waals surface area contributed by atoms with Gasteiger partial charge in [-0.1, -0.05) is 6.92 Å². The van der Waals surface area contributed by atoms with E-state index in [1.807, 2.05) is 18.3 Å². The number of aromatic nitrogens is 1. The maximum atomic E-state index is 5.02. The summed E-state index contributed by atoms with van der Waals surface area (Å²) < 4.78 is 5.02. The summed E-state index contributed by atoms with van der Waals surface area (Å²) in [6.07, 6.45) is 5.71. The standard InChI is InChI=1S/C12H18N2O/c1-9-3-4-10(7-9)14-11-5-6-12(15-2)13-8-11/h5-6,8-10,14H,3-4,7H2,1-2H3. The molecule has 0 saturated heterocycles. The second kappa shape index (κ2) is 4.51. The van der Waals surface area contributed by atoms with E-state index in [1.165, 1.54) is 19.3 Å². The largest absolute Gasteiger partial charge is 0.481 e. The average Bonchev–Trinajstić information content (AvgIpc) is 2.65. The minimum absolute atomic E-state index is 0.621. The minimum Gasteiger partial charge on any atom is -0.481 e. The Morgan fingerprint density at radius 1 is 1.40 bits per heavy atom. The van der Waals surface area contributed by atoms with Gasteiger partial charge in [-0.25, -0.2) is 4.98 Å². The van der Waals surface area contributed by atoms with E-state index in [4.69, 9.17) is 4.74 Å². The molecular formula is C12H18N2O. The van der Waals surface area contributed by atoms with Crippen LogP contribution in [0, 0.1) is 5.92 Å². The van der Waals surface area contributed by atoms with Gasteiger partial charge in [0.05, 0.1) is 19.0 Å². The predicted octanol–water partition coefficient (Wildman–Crippen LogP) is 2.69. The average molecular weight is 206 g/mol. The Kier molecular flexibility index (Phi) is 3.09. The molecule has 0 bridgehead atoms. The number of methoxy groups -OCH3 is 1. The Labute approximate surface area is 90.9 Å². The first-order valence-electron chi connectivity index (χ1n) is 5.54. The maximum absolute atomic E-state index is 5.02. The predicted molar refractivity (Wildman–Crippen MR) is 61.2 cm³/mol. The number of pyridine rings is 1. The highest BCUT2D eigenvalue weighted by molar-refractivity contribution is 5.43. The summed E-state index contributed by atoms with van der Waals surface area (Å²) in [7, 11) is 1.63. The lowest BCUT2D eigenvalue weighted by Gasteiger charge is -2.13. The van der Waals surface area contributed by atoms with Crippen LogP contribution in [0.25, 0.3) is 0 Å². The van der Waals surface area contributed by atoms with Gasteiger partial charge in [-0.15, -0.1) is 0 Å². The fourth-order valence-electron chi connectivity index (χ4n) is 2.16. The van der Waals surface area contributed by atoms with E-state index in [0.717, 1.165) is 11.6 Å². The van der Waals surface area contributed by atoms with E-state index < -0.39 is 0 Å². The van der Waals surface area contributed by atoms with Crippen LogP contribution in [-0.4, -0.2) is 18.1 Å². The van der Waals surface area contributed by atoms with Gasteiger partial charge in [-0.2, -0.15) is 0 Å². The van der Waals surface area contributed by atoms with Crippen molar-refractivity contribution in [3.05, 3.63) is 18.3 Å². The molecule has 0 aliphatic heterocycles. The van der Waals surface area contributed by atoms with Gasteiger partial charge >= 0.3 is 0 Å². The van der Waals surface area contributed by atoms with Crippen molar-refractivity contribution in [2.75, 3.05) is 12.4 Å². The van der Waals surface area contributed by atoms with E-state index in [-0.39, 0.29) is 0 Å². The molecule has 2 unspecified atom stereocenters. The van der Waals surface area contributed by atoms with Crippen molar-refractivity contribution in [2.24, 2.45) is 5.92 Å². The number of hydrogen-bond acceptors (Lipinski definition) is 3. The zero-order valence-electron chi connectivity index (χ0n) is 9.36. The van der Waals surface area contributed by atoms with Gasteiger partial charge in [0.1, 0.15) is 0 Å². The van der Waals surface area contributed by atoms with Crippen LogP contribution < -0.4 is 10.1 Å². The van der Waals surface area contributed by atoms with Crippen molar-refractivity contribution < 1.29 is 4.74 Å². The zero-order chi connectivity index (χ0) is 10.7. The molecule has 15 heavy (non-hydrogen) atoms. The van der Waals surface area contributed by atoms with Crippen molar-refractivity contribution in [3.63, 3.8) is 0 Å². The van der Waals surface area contributed by atoms with Crippen LogP contribution in [0.2, 0.25) is 0 Å². The number of anilines is 1. The summed E-state index contributed by atoms with van der Waals surface area (Å²) in [6.45, 7) is 2.31. The highest BCUT2D eigenvalue weighted by Crippen LogP contribution is 2.27. The Bertz CT molecular complexity index is 310. The molecule has 0 aromatic carbocycles. The molecule has 82 valence electrons. The fourth-order valence-corrected chi connectivity index (χ4v) is 2.16. The summed E-state index contributed by atoms with van der Waals surface area (Å²) in [5.74, 6) is 1.52. The van der Waals surface area contributed by atoms with E-state index in [2.05, 4.69) is 17.2 Å². The first-order valence-corrected chi connectivity index (χ1v) is 5.54. The molecule has 1 aliphatic carbocycles. The Morgan fingerprint density at radius 3 is 2.80 bits per heavy atom. The van der Waals surface area contributed by atoms with Gasteiger partial charge < -0.3 is 10.1 Å². The second-order valence-corrected chi connectivity index (χ2v) is 4.35. The van der Waals surface area contributed by atoms with Crippen LogP contribution in [0.3, 0.4) is 0 Å². The fraction of sp³-hybridized carbons (Fsp3) is 0.583. The summed E-state index contributed by atoms with van der Waals surface area (Å²) in [5, 5.41) is 3.50. The number of nitrogens with one attached hydrogen (secondary N) is 1. The topological polar surface area (TPSA) is 34.1 Å². The quantitative estimate of drug-likeness (QED) is 0.825. The van der Waals surface area contributed by atoms with Crippen LogP contribution in [-0.2, 0) is 0 Å². The first-order chi connectivity index (χ1) is 7.28. The molecule has 1 heterocycles. The lowest BCUT2D eigenvalue weighted by atomic mass is 10.1. The summed E-state index contributed by atoms with van der Waals surface area (Å²) in [5.41, 5.74) is 1.09. The lowest BCUT2D eigenvalue weighted by Crippen LogP contribution is -2.15. The van der Waals surface area contributed by atoms with Gasteiger partial charge in [0.15, 0.2) is 0 Å². The third kappa shape index (κ3) is 2.61. The molecule has 1 aromatic heterocycles. The molecule has 3 nitrogen and oxygen atoms in total. The van der Waals surface area contributed by atoms with Crippen molar-refractivity contribution in [1.29, 1.82) is 0 Å². The van der Waals surface area contributed by atoms with E-state index >= 15 is 0 Å². The van der Waals surface area contributed by atoms with Crippen LogP contribution in [0.1, 0.15) is 26.2 Å². The Balaban J connectivity index is 1.93. The van der Waals surface area contributed by atoms with Crippen molar-refractivity contribution in [2.45, 2.75) is 32.2 Å². The third-order valence-corrected chi connectivity index (χ3v) is 3.01. The van der Waals surface area contributed by atoms with Crippen LogP contribution in [0.15, 0.2) is 18.3 Å². The molecule has 0 spiro atoms. The highest BCUT2D eigenvalue weighted by atomic mass is 16.5. The van der Waals surface area contributed by atoms with Crippen molar-refractivity contribution in [3.8, 4) is 5.88 Å². The SMILES string of the molecule is COc1ccc(NC2CCC(C)C2)cn1. The van der Waals surface area contributed by atoms with E-state index in [1.54, 1.807) is 7.11 Å². The summed E-state index contributed by atoms with van der Waals surface area (Å²) in [4.78, 5) is 4.17. The van der Waals surface area contributed by atoms with Gasteiger partial charge in [-0.05, 0) is 31.2 Å². The molecule has 0 amide bonds. The van der Waals surface area contributed by atoms with Gasteiger partial charge in [0, 0.05) is 12.1 Å². The molecule has 2 atom stereocenters. The van der Waals surface area contributed by atoms with Crippen LogP contribution in [0.5, 0.6) is 5.88 Å². The Hall–Kier alpha value is -1.25. The molecule has 0 radical (unpaired) electrons. The van der Waals surface area contributed by atoms with Gasteiger partial charge in [-0.3, -0.25) is 0 Å². The van der Waals surface area contributed by atoms with E-state index in [0.29, 0.717) is 11.9 Å². The van der Waals surface area contributed by atoms with Crippen molar-refractivity contribution in [1.82, 2.24) is 4.98 Å². The molecule has 1 saturated carbocycles. The monoisotopic (exact) mass is 206 g/mol. The van der Waals surface area contributed by atoms with Gasteiger partial charge in [0.25, 0.3) is 0 Å². The van der Waals surface area contributed by atoms with Crippen LogP contribution in [0.4, 0.5) is 5.69 Å². The Morgan fingerprint density at radius 2 is 2.27 bits per heavy atom. The maximum Gasteiger partial charge on any atom is 0.213 e. The van der Waals surface area contributed by atoms with E-state index in [9.17, 15) is 0 Å². The third-order valence-electron chi connectivity index (χ3n) is 3.01. The minimum atomic E-state index is 0.621. The smallest absolute Gasteiger partial charge is 0.213 e. The number of nitrogens with zero attached hydrogens (tertiary/aromatic N) is 1. The van der Waals surface area contributed by atoms with Gasteiger partial charge in [0.2, 0.25) is 5.88 Å². The summed E-state index contributed by atoms with van der Waals surface area (Å²) in [6, 6.07) is 4.53. The molecule has 1 N–H and O–H groups in total. The molecular weight excluding hydrogens is 188 g/mol. The zero-order valence-corrected chi connectivity index (χ0v) is 9.36. The summed E-state index contributed by atoms with van der Waals surface area (Å²) >= 11 is 0. The number of ether oxygens (including phenoxy) is 1. The molecule has 1 aliphatic rings. The van der Waals surface area contributed by atoms with Crippen LogP contribution >= 0.6 is 0 Å².